The van der Waals surface area contributed by atoms with E-state index in [1.807, 2.05) is 72.8 Å². The van der Waals surface area contributed by atoms with Gasteiger partial charge in [-0.3, -0.25) is 19.7 Å². The number of phenols is 1. The molecule has 4 aromatic carbocycles. The lowest BCUT2D eigenvalue weighted by molar-refractivity contribution is -0.134. The van der Waals surface area contributed by atoms with Crippen molar-refractivity contribution in [3.63, 3.8) is 0 Å². The number of aliphatic hydroxyl groups is 1. The molecule has 59 heavy (non-hydrogen) atoms. The summed E-state index contributed by atoms with van der Waals surface area (Å²) in [6.07, 6.45) is -2.23. The van der Waals surface area contributed by atoms with Crippen LogP contribution < -0.4 is 36.1 Å². The van der Waals surface area contributed by atoms with E-state index in [9.17, 15) is 29.4 Å². The minimum absolute atomic E-state index is 0.00442. The molecule has 0 saturated carbocycles. The van der Waals surface area contributed by atoms with Crippen LogP contribution in [0.4, 0.5) is 4.79 Å². The Bertz CT molecular complexity index is 1940. The minimum Gasteiger partial charge on any atom is -0.507 e. The van der Waals surface area contributed by atoms with Gasteiger partial charge in [0.05, 0.1) is 26.4 Å². The Hall–Kier alpha value is -6.12. The van der Waals surface area contributed by atoms with Gasteiger partial charge in [0.2, 0.25) is 17.7 Å². The Balaban J connectivity index is 1.59. The maximum Gasteiger partial charge on any atom is 0.408 e. The van der Waals surface area contributed by atoms with Crippen molar-refractivity contribution in [1.29, 1.82) is 0 Å². The molecule has 14 nitrogen and oxygen atoms in total. The van der Waals surface area contributed by atoms with Crippen molar-refractivity contribution in [2.75, 3.05) is 14.2 Å². The van der Waals surface area contributed by atoms with Crippen LogP contribution in [-0.4, -0.2) is 78.5 Å². The van der Waals surface area contributed by atoms with Crippen LogP contribution in [0.3, 0.4) is 0 Å². The summed E-state index contributed by atoms with van der Waals surface area (Å²) in [7, 11) is 3.03. The van der Waals surface area contributed by atoms with Crippen LogP contribution in [0.25, 0.3) is 0 Å². The first-order valence-electron chi connectivity index (χ1n) is 19.6. The smallest absolute Gasteiger partial charge is 0.408 e. The molecule has 0 spiro atoms. The van der Waals surface area contributed by atoms with Crippen molar-refractivity contribution in [2.45, 2.75) is 84.1 Å². The van der Waals surface area contributed by atoms with Crippen LogP contribution in [0, 0.1) is 11.8 Å². The lowest BCUT2D eigenvalue weighted by Crippen LogP contribution is -2.63. The summed E-state index contributed by atoms with van der Waals surface area (Å²) >= 11 is 0. The lowest BCUT2D eigenvalue weighted by Gasteiger charge is -2.33. The van der Waals surface area contributed by atoms with E-state index in [4.69, 9.17) is 14.2 Å². The van der Waals surface area contributed by atoms with Crippen molar-refractivity contribution >= 4 is 23.8 Å². The Labute approximate surface area is 346 Å². The van der Waals surface area contributed by atoms with Crippen LogP contribution in [0.2, 0.25) is 0 Å². The van der Waals surface area contributed by atoms with Crippen molar-refractivity contribution in [1.82, 2.24) is 26.6 Å². The molecule has 14 heteroatoms. The molecule has 0 bridgehead atoms. The van der Waals surface area contributed by atoms with Crippen LogP contribution in [0.15, 0.2) is 103 Å². The summed E-state index contributed by atoms with van der Waals surface area (Å²) in [5.41, 5.74) is 2.76. The molecular formula is C45H57N5O9. The fourth-order valence-corrected chi connectivity index (χ4v) is 6.29. The second-order valence-electron chi connectivity index (χ2n) is 14.9. The number of hydrogen-bond acceptors (Lipinski definition) is 10. The van der Waals surface area contributed by atoms with Crippen LogP contribution in [-0.2, 0) is 45.2 Å². The molecule has 0 aliphatic heterocycles. The number of amides is 4. The molecule has 7 N–H and O–H groups in total. The average Bonchev–Trinajstić information content (AvgIpc) is 3.23. The fraction of sp³-hybridized carbons (Fsp3) is 0.378. The Kier molecular flexibility index (Phi) is 17.6. The van der Waals surface area contributed by atoms with Gasteiger partial charge in [-0.15, -0.1) is 0 Å². The van der Waals surface area contributed by atoms with Crippen molar-refractivity contribution in [3.8, 4) is 17.2 Å². The number of benzene rings is 4. The first-order chi connectivity index (χ1) is 28.3. The maximum atomic E-state index is 14.4. The van der Waals surface area contributed by atoms with Gasteiger partial charge in [0.1, 0.15) is 42.0 Å². The summed E-state index contributed by atoms with van der Waals surface area (Å²) in [6, 6.07) is 25.7. The summed E-state index contributed by atoms with van der Waals surface area (Å²) < 4.78 is 15.8. The largest absolute Gasteiger partial charge is 0.507 e. The number of hydrogen-bond donors (Lipinski definition) is 7. The number of methoxy groups -OCH3 is 2. The molecule has 0 unspecified atom stereocenters. The Morgan fingerprint density at radius 3 is 1.75 bits per heavy atom. The highest BCUT2D eigenvalue weighted by Crippen LogP contribution is 2.23. The fourth-order valence-electron chi connectivity index (χ4n) is 6.29. The molecule has 316 valence electrons. The lowest BCUT2D eigenvalue weighted by atomic mass is 9.93. The highest BCUT2D eigenvalue weighted by atomic mass is 16.5. The first kappa shape index (κ1) is 45.6. The highest BCUT2D eigenvalue weighted by Gasteiger charge is 2.38. The molecule has 4 rings (SSSR count). The van der Waals surface area contributed by atoms with Gasteiger partial charge >= 0.3 is 6.09 Å². The average molecular weight is 812 g/mol. The van der Waals surface area contributed by atoms with Gasteiger partial charge in [0.15, 0.2) is 0 Å². The normalized spacial score (nSPS) is 13.6. The summed E-state index contributed by atoms with van der Waals surface area (Å²) in [5, 5.41) is 37.0. The number of carbonyl (C=O) groups excluding carboxylic acids is 4. The third-order valence-corrected chi connectivity index (χ3v) is 9.78. The maximum absolute atomic E-state index is 14.4. The number of aromatic hydroxyl groups is 1. The van der Waals surface area contributed by atoms with E-state index in [0.29, 0.717) is 17.1 Å². The minimum atomic E-state index is -1.55. The monoisotopic (exact) mass is 811 g/mol. The first-order valence-corrected chi connectivity index (χ1v) is 19.6. The molecule has 4 aromatic rings. The van der Waals surface area contributed by atoms with E-state index in [1.165, 1.54) is 13.2 Å². The summed E-state index contributed by atoms with van der Waals surface area (Å²) in [6.45, 7) is 7.19. The molecular weight excluding hydrogens is 755 g/mol. The van der Waals surface area contributed by atoms with Gasteiger partial charge in [0, 0.05) is 24.7 Å². The van der Waals surface area contributed by atoms with E-state index in [2.05, 4.69) is 26.6 Å². The number of carbonyl (C=O) groups is 4. The standard InChI is InChI=1S/C45H57N5O9/c1-28(2)38(42(53)47-26-33-19-22-35(58-6)24-37(33)51)49-44(55)40(46-25-31-17-20-34(57-5)21-18-31)41(52)36(23-30-13-9-7-10-14-30)48-43(54)39(29(3)4)50-45(56)59-27-32-15-11-8-12-16-32/h7-22,24,28-29,36,38-41,46,51-52H,23,25-27H2,1-6H3,(H,47,53)(H,48,54)(H,49,55)(H,50,56)/t36-,38-,39-,40+,41+/m0/s1. The van der Waals surface area contributed by atoms with E-state index >= 15 is 0 Å². The topological polar surface area (TPSA) is 197 Å². The second-order valence-corrected chi connectivity index (χ2v) is 14.9. The van der Waals surface area contributed by atoms with Crippen LogP contribution >= 0.6 is 0 Å². The molecule has 0 aliphatic carbocycles. The zero-order chi connectivity index (χ0) is 42.9. The predicted molar refractivity (Wildman–Crippen MR) is 223 cm³/mol. The quantitative estimate of drug-likeness (QED) is 0.0635. The van der Waals surface area contributed by atoms with Gasteiger partial charge in [-0.1, -0.05) is 100 Å². The number of phenolic OH excluding ortho intramolecular Hbond substituents is 1. The number of alkyl carbamates (subject to hydrolysis) is 1. The van der Waals surface area contributed by atoms with Crippen LogP contribution in [0.1, 0.15) is 49.9 Å². The van der Waals surface area contributed by atoms with Crippen molar-refractivity contribution in [2.24, 2.45) is 11.8 Å². The Morgan fingerprint density at radius 1 is 0.610 bits per heavy atom. The predicted octanol–water partition coefficient (Wildman–Crippen LogP) is 4.36. The molecule has 4 amide bonds. The van der Waals surface area contributed by atoms with E-state index in [1.54, 1.807) is 59.1 Å². The number of ether oxygens (including phenoxy) is 3. The van der Waals surface area contributed by atoms with Crippen molar-refractivity contribution < 1.29 is 43.6 Å². The molecule has 0 fully saturated rings. The molecule has 0 aliphatic rings. The van der Waals surface area contributed by atoms with Crippen molar-refractivity contribution in [3.05, 3.63) is 125 Å². The third kappa shape index (κ3) is 14.0. The molecule has 0 radical (unpaired) electrons. The number of nitrogens with one attached hydrogen (secondary N) is 5. The Morgan fingerprint density at radius 2 is 1.17 bits per heavy atom. The number of aliphatic hydroxyl groups excluding tert-OH is 1. The van der Waals surface area contributed by atoms with E-state index < -0.39 is 54.1 Å². The number of rotatable bonds is 21. The third-order valence-electron chi connectivity index (χ3n) is 9.78. The van der Waals surface area contributed by atoms with Gasteiger partial charge in [-0.25, -0.2) is 4.79 Å². The molecule has 0 heterocycles. The molecule has 5 atom stereocenters. The van der Waals surface area contributed by atoms with Gasteiger partial charge in [-0.05, 0) is 59.2 Å². The second kappa shape index (κ2) is 22.7. The molecule has 0 saturated heterocycles. The van der Waals surface area contributed by atoms with Gasteiger partial charge in [-0.2, -0.15) is 0 Å². The van der Waals surface area contributed by atoms with E-state index in [0.717, 1.165) is 16.7 Å². The summed E-state index contributed by atoms with van der Waals surface area (Å²) in [4.78, 5) is 54.9. The van der Waals surface area contributed by atoms with Gasteiger partial charge < -0.3 is 45.7 Å². The SMILES string of the molecule is COc1ccc(CN[C@@H](C(=O)N[C@H](C(=O)NCc2ccc(OC)cc2O)C(C)C)[C@H](O)[C@H](Cc2ccccc2)NC(=O)[C@@H](NC(=O)OCc2ccccc2)C(C)C)cc1. The zero-order valence-electron chi connectivity index (χ0n) is 34.4. The molecule has 0 aromatic heterocycles. The van der Waals surface area contributed by atoms with Crippen LogP contribution in [0.5, 0.6) is 17.2 Å². The summed E-state index contributed by atoms with van der Waals surface area (Å²) in [5.74, 6) is -1.53. The zero-order valence-corrected chi connectivity index (χ0v) is 34.4. The van der Waals surface area contributed by atoms with Gasteiger partial charge in [0.25, 0.3) is 0 Å². The van der Waals surface area contributed by atoms with E-state index in [-0.39, 0.29) is 43.7 Å². The highest BCUT2D eigenvalue weighted by molar-refractivity contribution is 5.91.